The predicted octanol–water partition coefficient (Wildman–Crippen LogP) is 3.15. The molecule has 140 valence electrons. The molecule has 2 amide bonds. The van der Waals surface area contributed by atoms with Gasteiger partial charge in [0.05, 0.1) is 19.1 Å². The Morgan fingerprint density at radius 2 is 2.00 bits per heavy atom. The van der Waals surface area contributed by atoms with Gasteiger partial charge in [-0.25, -0.2) is 24.3 Å². The zero-order valence-electron chi connectivity index (χ0n) is 14.9. The highest BCUT2D eigenvalue weighted by Gasteiger charge is 2.20. The standard InChI is InChI=1S/C19H16N6O3/c1-27-14-7-5-13(6-8-14)25(19(20)26)17-12-16(24-10-3-9-21-24)22-18(23-17)15-4-2-11-28-15/h2-12H,1H3,(H2,20,26). The maximum absolute atomic E-state index is 12.3. The largest absolute Gasteiger partial charge is 0.497 e. The topological polar surface area (TPSA) is 112 Å². The molecule has 0 saturated carbocycles. The minimum Gasteiger partial charge on any atom is -0.497 e. The lowest BCUT2D eigenvalue weighted by Gasteiger charge is -2.20. The van der Waals surface area contributed by atoms with Gasteiger partial charge < -0.3 is 14.9 Å². The van der Waals surface area contributed by atoms with Crippen LogP contribution in [-0.2, 0) is 0 Å². The number of primary amides is 1. The number of urea groups is 1. The monoisotopic (exact) mass is 376 g/mol. The Morgan fingerprint density at radius 3 is 2.61 bits per heavy atom. The van der Waals surface area contributed by atoms with E-state index in [0.29, 0.717) is 28.8 Å². The first-order valence-corrected chi connectivity index (χ1v) is 8.32. The number of nitrogens with two attached hydrogens (primary N) is 1. The van der Waals surface area contributed by atoms with Crippen LogP contribution in [0.2, 0.25) is 0 Å². The van der Waals surface area contributed by atoms with Gasteiger partial charge in [-0.3, -0.25) is 0 Å². The molecule has 0 radical (unpaired) electrons. The average Bonchev–Trinajstić information content (AvgIpc) is 3.42. The van der Waals surface area contributed by atoms with Gasteiger partial charge in [0.15, 0.2) is 17.4 Å². The highest BCUT2D eigenvalue weighted by Crippen LogP contribution is 2.29. The summed E-state index contributed by atoms with van der Waals surface area (Å²) in [6.07, 6.45) is 4.89. The van der Waals surface area contributed by atoms with Gasteiger partial charge in [-0.1, -0.05) is 0 Å². The van der Waals surface area contributed by atoms with Crippen molar-refractivity contribution >= 4 is 17.5 Å². The zero-order chi connectivity index (χ0) is 19.5. The Balaban J connectivity index is 1.86. The summed E-state index contributed by atoms with van der Waals surface area (Å²) in [4.78, 5) is 22.5. The lowest BCUT2D eigenvalue weighted by molar-refractivity contribution is 0.256. The fourth-order valence-corrected chi connectivity index (χ4v) is 2.68. The number of aromatic nitrogens is 4. The van der Waals surface area contributed by atoms with Crippen LogP contribution in [0.3, 0.4) is 0 Å². The molecule has 0 aliphatic rings. The smallest absolute Gasteiger partial charge is 0.325 e. The van der Waals surface area contributed by atoms with Crippen molar-refractivity contribution in [3.63, 3.8) is 0 Å². The van der Waals surface area contributed by atoms with E-state index in [1.165, 1.54) is 11.2 Å². The van der Waals surface area contributed by atoms with Crippen LogP contribution in [0.15, 0.2) is 71.6 Å². The van der Waals surface area contributed by atoms with Crippen molar-refractivity contribution in [3.05, 3.63) is 67.2 Å². The molecule has 0 bridgehead atoms. The second kappa shape index (κ2) is 7.23. The molecule has 1 aromatic carbocycles. The van der Waals surface area contributed by atoms with Gasteiger partial charge in [-0.05, 0) is 42.5 Å². The summed E-state index contributed by atoms with van der Waals surface area (Å²) in [7, 11) is 1.57. The molecular formula is C19H16N6O3. The van der Waals surface area contributed by atoms with Crippen LogP contribution in [0.4, 0.5) is 16.3 Å². The quantitative estimate of drug-likeness (QED) is 0.572. The summed E-state index contributed by atoms with van der Waals surface area (Å²) < 4.78 is 12.1. The molecule has 2 N–H and O–H groups in total. The number of hydrogen-bond acceptors (Lipinski definition) is 6. The Hall–Kier alpha value is -4.14. The van der Waals surface area contributed by atoms with Gasteiger partial charge in [0.1, 0.15) is 11.6 Å². The number of rotatable bonds is 5. The number of benzene rings is 1. The number of furan rings is 1. The van der Waals surface area contributed by atoms with Crippen molar-refractivity contribution in [2.45, 2.75) is 0 Å². The van der Waals surface area contributed by atoms with Crippen molar-refractivity contribution in [1.29, 1.82) is 0 Å². The third-order valence-corrected chi connectivity index (χ3v) is 3.96. The van der Waals surface area contributed by atoms with E-state index in [9.17, 15) is 4.79 Å². The maximum atomic E-state index is 12.3. The van der Waals surface area contributed by atoms with Crippen molar-refractivity contribution < 1.29 is 13.9 Å². The van der Waals surface area contributed by atoms with Crippen LogP contribution >= 0.6 is 0 Å². The summed E-state index contributed by atoms with van der Waals surface area (Å²) >= 11 is 0. The molecule has 0 atom stereocenters. The third-order valence-electron chi connectivity index (χ3n) is 3.96. The van der Waals surface area contributed by atoms with Gasteiger partial charge >= 0.3 is 6.03 Å². The van der Waals surface area contributed by atoms with Gasteiger partial charge in [-0.2, -0.15) is 5.10 Å². The molecule has 0 aliphatic carbocycles. The summed E-state index contributed by atoms with van der Waals surface area (Å²) in [6, 6.07) is 13.0. The van der Waals surface area contributed by atoms with E-state index in [-0.39, 0.29) is 5.82 Å². The lowest BCUT2D eigenvalue weighted by atomic mass is 10.2. The predicted molar refractivity (Wildman–Crippen MR) is 102 cm³/mol. The Labute approximate surface area is 160 Å². The Bertz CT molecular complexity index is 1020. The molecule has 0 spiro atoms. The molecule has 3 aromatic heterocycles. The third kappa shape index (κ3) is 3.28. The van der Waals surface area contributed by atoms with Crippen LogP contribution in [0.1, 0.15) is 0 Å². The van der Waals surface area contributed by atoms with E-state index in [1.54, 1.807) is 72.7 Å². The number of nitrogens with zero attached hydrogens (tertiary/aromatic N) is 5. The summed E-state index contributed by atoms with van der Waals surface area (Å²) in [5.74, 6) is 2.15. The van der Waals surface area contributed by atoms with Crippen molar-refractivity contribution in [2.24, 2.45) is 5.73 Å². The van der Waals surface area contributed by atoms with E-state index >= 15 is 0 Å². The molecule has 9 heteroatoms. The molecule has 0 saturated heterocycles. The summed E-state index contributed by atoms with van der Waals surface area (Å²) in [5, 5.41) is 4.19. The molecule has 28 heavy (non-hydrogen) atoms. The highest BCUT2D eigenvalue weighted by molar-refractivity contribution is 5.97. The van der Waals surface area contributed by atoms with Gasteiger partial charge in [0.2, 0.25) is 0 Å². The van der Waals surface area contributed by atoms with Crippen LogP contribution in [0, 0.1) is 0 Å². The lowest BCUT2D eigenvalue weighted by Crippen LogP contribution is -2.32. The molecular weight excluding hydrogens is 360 g/mol. The number of anilines is 2. The first-order valence-electron chi connectivity index (χ1n) is 8.32. The number of carbonyl (C=O) groups excluding carboxylic acids is 1. The Kier molecular flexibility index (Phi) is 4.47. The minimum atomic E-state index is -0.694. The SMILES string of the molecule is COc1ccc(N(C(N)=O)c2cc(-n3cccn3)nc(-c3ccco3)n2)cc1. The molecule has 4 aromatic rings. The zero-order valence-corrected chi connectivity index (χ0v) is 14.9. The number of hydrogen-bond donors (Lipinski definition) is 1. The van der Waals surface area contributed by atoms with E-state index < -0.39 is 6.03 Å². The summed E-state index contributed by atoms with van der Waals surface area (Å²) in [6.45, 7) is 0. The number of methoxy groups -OCH3 is 1. The first-order chi connectivity index (χ1) is 13.7. The van der Waals surface area contributed by atoms with Crippen LogP contribution < -0.4 is 15.4 Å². The number of ether oxygens (including phenoxy) is 1. The summed E-state index contributed by atoms with van der Waals surface area (Å²) in [5.41, 5.74) is 6.19. The highest BCUT2D eigenvalue weighted by atomic mass is 16.5. The van der Waals surface area contributed by atoms with Crippen LogP contribution in [0.5, 0.6) is 5.75 Å². The van der Waals surface area contributed by atoms with E-state index in [2.05, 4.69) is 15.1 Å². The van der Waals surface area contributed by atoms with Crippen molar-refractivity contribution in [2.75, 3.05) is 12.0 Å². The first kappa shape index (κ1) is 17.3. The molecule has 0 fully saturated rings. The van der Waals surface area contributed by atoms with Gasteiger partial charge in [-0.15, -0.1) is 0 Å². The fourth-order valence-electron chi connectivity index (χ4n) is 2.68. The molecule has 3 heterocycles. The molecule has 0 aliphatic heterocycles. The second-order valence-corrected chi connectivity index (χ2v) is 5.71. The van der Waals surface area contributed by atoms with Crippen LogP contribution in [0.25, 0.3) is 17.4 Å². The van der Waals surface area contributed by atoms with Crippen molar-refractivity contribution in [1.82, 2.24) is 19.7 Å². The average molecular weight is 376 g/mol. The van der Waals surface area contributed by atoms with Crippen LogP contribution in [-0.4, -0.2) is 32.9 Å². The molecule has 4 rings (SSSR count). The maximum Gasteiger partial charge on any atom is 0.325 e. The van der Waals surface area contributed by atoms with E-state index in [1.807, 2.05) is 0 Å². The van der Waals surface area contributed by atoms with Crippen molar-refractivity contribution in [3.8, 4) is 23.2 Å². The second-order valence-electron chi connectivity index (χ2n) is 5.71. The number of amides is 2. The molecule has 9 nitrogen and oxygen atoms in total. The van der Waals surface area contributed by atoms with Gasteiger partial charge in [0.25, 0.3) is 0 Å². The van der Waals surface area contributed by atoms with E-state index in [4.69, 9.17) is 14.9 Å². The normalized spacial score (nSPS) is 10.6. The van der Waals surface area contributed by atoms with Gasteiger partial charge in [0, 0.05) is 18.5 Å². The molecule has 0 unspecified atom stereocenters. The number of carbonyl (C=O) groups is 1. The fraction of sp³-hybridized carbons (Fsp3) is 0.0526. The van der Waals surface area contributed by atoms with E-state index in [0.717, 1.165) is 0 Å². The minimum absolute atomic E-state index is 0.282. The Morgan fingerprint density at radius 1 is 1.18 bits per heavy atom.